The van der Waals surface area contributed by atoms with Gasteiger partial charge in [-0.1, -0.05) is 66.2 Å². The van der Waals surface area contributed by atoms with Crippen LogP contribution in [0.25, 0.3) is 5.57 Å². The molecule has 0 heterocycles. The average Bonchev–Trinajstić information content (AvgIpc) is 3.26. The van der Waals surface area contributed by atoms with Gasteiger partial charge in [0.1, 0.15) is 0 Å². The zero-order valence-electron chi connectivity index (χ0n) is 24.6. The zero-order chi connectivity index (χ0) is 26.4. The van der Waals surface area contributed by atoms with Crippen LogP contribution in [0, 0.1) is 50.7 Å². The third-order valence-corrected chi connectivity index (χ3v) is 14.0. The average molecular weight is 503 g/mol. The van der Waals surface area contributed by atoms with Crippen molar-refractivity contribution in [3.8, 4) is 0 Å². The van der Waals surface area contributed by atoms with E-state index in [1.54, 1.807) is 0 Å². The summed E-state index contributed by atoms with van der Waals surface area (Å²) in [6.45, 7) is 15.8. The zero-order valence-corrected chi connectivity index (χ0v) is 24.6. The summed E-state index contributed by atoms with van der Waals surface area (Å²) in [7, 11) is 1.45. The Kier molecular flexibility index (Phi) is 5.71. The number of carbonyl (C=O) groups is 1. The van der Waals surface area contributed by atoms with Gasteiger partial charge in [0.2, 0.25) is 0 Å². The molecule has 0 N–H and O–H groups in total. The van der Waals surface area contributed by atoms with Gasteiger partial charge in [0, 0.05) is 0 Å². The van der Waals surface area contributed by atoms with Gasteiger partial charge in [-0.3, -0.25) is 0 Å². The minimum absolute atomic E-state index is 0.120. The lowest BCUT2D eigenvalue weighted by molar-refractivity contribution is -0.221. The largest absolute Gasteiger partial charge is 0.465 e. The molecular weight excluding hydrogens is 452 g/mol. The van der Waals surface area contributed by atoms with E-state index in [1.807, 2.05) is 12.1 Å². The normalized spacial score (nSPS) is 46.1. The Labute approximate surface area is 226 Å². The second-order valence-corrected chi connectivity index (χ2v) is 15.4. The van der Waals surface area contributed by atoms with Crippen LogP contribution < -0.4 is 0 Å². The molecule has 202 valence electrons. The molecule has 1 aromatic rings. The molecule has 1 aromatic carbocycles. The molecule has 6 rings (SSSR count). The number of carbonyl (C=O) groups excluding carboxylic acids is 1. The molecule has 0 amide bonds. The smallest absolute Gasteiger partial charge is 0.337 e. The summed E-state index contributed by atoms with van der Waals surface area (Å²) in [5, 5.41) is 0. The Bertz CT molecular complexity index is 1110. The molecule has 4 saturated carbocycles. The highest BCUT2D eigenvalue weighted by atomic mass is 16.5. The first-order valence-electron chi connectivity index (χ1n) is 15.3. The molecule has 0 aromatic heterocycles. The Morgan fingerprint density at radius 1 is 0.784 bits per heavy atom. The third kappa shape index (κ3) is 3.32. The van der Waals surface area contributed by atoms with Crippen molar-refractivity contribution in [1.29, 1.82) is 0 Å². The molecule has 5 aliphatic rings. The van der Waals surface area contributed by atoms with Gasteiger partial charge in [-0.2, -0.15) is 0 Å². The van der Waals surface area contributed by atoms with E-state index < -0.39 is 0 Å². The van der Waals surface area contributed by atoms with Crippen LogP contribution in [0.15, 0.2) is 30.3 Å². The van der Waals surface area contributed by atoms with E-state index in [2.05, 4.69) is 59.8 Å². The molecule has 2 nitrogen and oxygen atoms in total. The fraction of sp³-hybridized carbons (Fsp3) is 0.743. The van der Waals surface area contributed by atoms with Crippen molar-refractivity contribution >= 4 is 11.5 Å². The molecule has 8 atom stereocenters. The summed E-state index contributed by atoms with van der Waals surface area (Å²) in [5.41, 5.74) is 5.44. The van der Waals surface area contributed by atoms with Gasteiger partial charge in [0.25, 0.3) is 0 Å². The molecule has 0 saturated heterocycles. The third-order valence-electron chi connectivity index (χ3n) is 14.0. The van der Waals surface area contributed by atoms with E-state index in [1.165, 1.54) is 82.5 Å². The molecule has 0 radical (unpaired) electrons. The quantitative estimate of drug-likeness (QED) is 0.377. The number of benzene rings is 1. The Morgan fingerprint density at radius 3 is 2.22 bits per heavy atom. The van der Waals surface area contributed by atoms with E-state index in [0.717, 1.165) is 17.8 Å². The molecule has 2 heteroatoms. The first-order chi connectivity index (χ1) is 17.4. The van der Waals surface area contributed by atoms with Crippen molar-refractivity contribution in [2.75, 3.05) is 7.11 Å². The van der Waals surface area contributed by atoms with Gasteiger partial charge < -0.3 is 4.74 Å². The fourth-order valence-electron chi connectivity index (χ4n) is 11.9. The lowest BCUT2D eigenvalue weighted by Gasteiger charge is -2.72. The molecule has 0 aliphatic heterocycles. The summed E-state index contributed by atoms with van der Waals surface area (Å²) in [5.74, 6) is 3.15. The Hall–Kier alpha value is -1.57. The van der Waals surface area contributed by atoms with Crippen LogP contribution in [0.1, 0.15) is 122 Å². The molecule has 37 heavy (non-hydrogen) atoms. The number of ether oxygens (including phenoxy) is 1. The topological polar surface area (TPSA) is 26.3 Å². The van der Waals surface area contributed by atoms with Crippen molar-refractivity contribution in [1.82, 2.24) is 0 Å². The first kappa shape index (κ1) is 25.7. The van der Waals surface area contributed by atoms with Crippen LogP contribution >= 0.6 is 0 Å². The van der Waals surface area contributed by atoms with Crippen LogP contribution in [-0.4, -0.2) is 13.1 Å². The predicted octanol–water partition coefficient (Wildman–Crippen LogP) is 9.34. The summed E-state index contributed by atoms with van der Waals surface area (Å²) in [6, 6.07) is 8.15. The van der Waals surface area contributed by atoms with Gasteiger partial charge in [-0.15, -0.1) is 0 Å². The first-order valence-corrected chi connectivity index (χ1v) is 15.3. The van der Waals surface area contributed by atoms with Gasteiger partial charge in [-0.25, -0.2) is 4.79 Å². The molecule has 4 fully saturated rings. The van der Waals surface area contributed by atoms with E-state index in [0.29, 0.717) is 33.1 Å². The number of fused-ring (bicyclic) bond motifs is 7. The van der Waals surface area contributed by atoms with Crippen molar-refractivity contribution in [3.05, 3.63) is 41.5 Å². The number of esters is 1. The van der Waals surface area contributed by atoms with E-state index in [-0.39, 0.29) is 11.4 Å². The second kappa shape index (κ2) is 8.22. The highest BCUT2D eigenvalue weighted by Gasteiger charge is 2.68. The van der Waals surface area contributed by atoms with Crippen LogP contribution in [0.2, 0.25) is 0 Å². The Morgan fingerprint density at radius 2 is 1.51 bits per heavy atom. The number of hydrogen-bond donors (Lipinski definition) is 0. The highest BCUT2D eigenvalue weighted by molar-refractivity contribution is 5.89. The van der Waals surface area contributed by atoms with Crippen LogP contribution in [0.5, 0.6) is 0 Å². The number of hydrogen-bond acceptors (Lipinski definition) is 2. The molecule has 1 unspecified atom stereocenters. The SMILES string of the molecule is COC(=O)c1ccc(C2=CC[C@]3(C)[C@H]4CC[C@@H]5[C@H]6CCCC6(C)CC[C@@]5(C)[C@]4(C)CC[C@H]3C2(C)C)cc1. The van der Waals surface area contributed by atoms with Crippen LogP contribution in [-0.2, 0) is 4.74 Å². The molecule has 5 aliphatic carbocycles. The summed E-state index contributed by atoms with van der Waals surface area (Å²) >= 11 is 0. The maximum absolute atomic E-state index is 12.0. The van der Waals surface area contributed by atoms with Crippen molar-refractivity contribution < 1.29 is 9.53 Å². The Balaban J connectivity index is 1.34. The maximum Gasteiger partial charge on any atom is 0.337 e. The van der Waals surface area contributed by atoms with Gasteiger partial charge >= 0.3 is 5.97 Å². The summed E-state index contributed by atoms with van der Waals surface area (Å²) in [6.07, 6.45) is 16.8. The monoisotopic (exact) mass is 502 g/mol. The molecular formula is C35H50O2. The molecule has 0 bridgehead atoms. The lowest BCUT2D eigenvalue weighted by atomic mass is 9.33. The van der Waals surface area contributed by atoms with Crippen LogP contribution in [0.3, 0.4) is 0 Å². The fourth-order valence-corrected chi connectivity index (χ4v) is 11.9. The van der Waals surface area contributed by atoms with Crippen LogP contribution in [0.4, 0.5) is 0 Å². The number of methoxy groups -OCH3 is 1. The van der Waals surface area contributed by atoms with E-state index >= 15 is 0 Å². The summed E-state index contributed by atoms with van der Waals surface area (Å²) < 4.78 is 4.93. The van der Waals surface area contributed by atoms with Crippen molar-refractivity contribution in [2.24, 2.45) is 50.7 Å². The minimum Gasteiger partial charge on any atom is -0.465 e. The predicted molar refractivity (Wildman–Crippen MR) is 152 cm³/mol. The van der Waals surface area contributed by atoms with E-state index in [9.17, 15) is 4.79 Å². The second-order valence-electron chi connectivity index (χ2n) is 15.4. The van der Waals surface area contributed by atoms with Gasteiger partial charge in [0.15, 0.2) is 0 Å². The molecule has 0 spiro atoms. The minimum atomic E-state index is -0.257. The van der Waals surface area contributed by atoms with E-state index in [4.69, 9.17) is 4.74 Å². The standard InChI is InChI=1S/C35H50O2/c1-31(2)25(23-10-12-24(13-11-23)30(36)37-7)16-19-33(4)28(31)17-20-35(6)29(33)15-14-27-26-9-8-18-32(26,3)21-22-34(27,35)5/h10-13,16,26-29H,8-9,14-15,17-22H2,1-7H3/t26-,27-,28+,29-,32?,33+,34-,35-/m1/s1. The van der Waals surface area contributed by atoms with Crippen molar-refractivity contribution in [3.63, 3.8) is 0 Å². The van der Waals surface area contributed by atoms with Gasteiger partial charge in [0.05, 0.1) is 12.7 Å². The van der Waals surface area contributed by atoms with Gasteiger partial charge in [-0.05, 0) is 132 Å². The number of allylic oxidation sites excluding steroid dienone is 2. The maximum atomic E-state index is 12.0. The lowest BCUT2D eigenvalue weighted by Crippen LogP contribution is -2.64. The van der Waals surface area contributed by atoms with Crippen molar-refractivity contribution in [2.45, 2.75) is 106 Å². The summed E-state index contributed by atoms with van der Waals surface area (Å²) in [4.78, 5) is 12.0. The number of rotatable bonds is 2. The highest BCUT2D eigenvalue weighted by Crippen LogP contribution is 2.76.